The van der Waals surface area contributed by atoms with E-state index in [2.05, 4.69) is 32.5 Å². The zero-order valence-electron chi connectivity index (χ0n) is 16.3. The van der Waals surface area contributed by atoms with Crippen LogP contribution in [0.5, 0.6) is 0 Å². The minimum absolute atomic E-state index is 0.0317. The lowest BCUT2D eigenvalue weighted by atomic mass is 9.81. The third kappa shape index (κ3) is 4.77. The molecule has 158 valence electrons. The molecule has 1 saturated heterocycles. The molecule has 1 heterocycles. The van der Waals surface area contributed by atoms with E-state index in [1.807, 2.05) is 30.3 Å². The first-order valence-corrected chi connectivity index (χ1v) is 11.7. The van der Waals surface area contributed by atoms with Crippen molar-refractivity contribution in [3.63, 3.8) is 0 Å². The Morgan fingerprint density at radius 1 is 1.27 bits per heavy atom. The molecule has 30 heavy (non-hydrogen) atoms. The summed E-state index contributed by atoms with van der Waals surface area (Å²) >= 11 is 3.32. The van der Waals surface area contributed by atoms with Crippen LogP contribution in [0.4, 0.5) is 0 Å². The van der Waals surface area contributed by atoms with E-state index in [-0.39, 0.29) is 24.3 Å². The molecular formula is C21H23BrN4O3S. The highest BCUT2D eigenvalue weighted by atomic mass is 79.9. The van der Waals surface area contributed by atoms with E-state index >= 15 is 0 Å². The molecule has 1 fully saturated rings. The summed E-state index contributed by atoms with van der Waals surface area (Å²) in [7, 11) is -3.95. The Hall–Kier alpha value is -2.16. The number of sulfonamides is 1. The molecular weight excluding hydrogens is 468 g/mol. The van der Waals surface area contributed by atoms with Crippen LogP contribution in [0.2, 0.25) is 0 Å². The number of hydrogen-bond acceptors (Lipinski definition) is 4. The number of aliphatic hydroxyl groups is 1. The van der Waals surface area contributed by atoms with Gasteiger partial charge in [-0.15, -0.1) is 6.58 Å². The fourth-order valence-corrected chi connectivity index (χ4v) is 5.91. The van der Waals surface area contributed by atoms with Gasteiger partial charge in [0.15, 0.2) is 0 Å². The molecule has 9 heteroatoms. The molecule has 2 aromatic carbocycles. The van der Waals surface area contributed by atoms with Crippen LogP contribution >= 0.6 is 15.9 Å². The van der Waals surface area contributed by atoms with E-state index in [0.717, 1.165) is 10.0 Å². The summed E-state index contributed by atoms with van der Waals surface area (Å²) in [5.74, 6) is 0. The first kappa shape index (κ1) is 22.5. The number of nitrogens with zero attached hydrogens (tertiary/aromatic N) is 4. The molecule has 0 spiro atoms. The molecule has 0 bridgehead atoms. The normalized spacial score (nSPS) is 24.7. The van der Waals surface area contributed by atoms with Crippen molar-refractivity contribution in [2.24, 2.45) is 5.11 Å². The van der Waals surface area contributed by atoms with Gasteiger partial charge >= 0.3 is 0 Å². The highest BCUT2D eigenvalue weighted by Crippen LogP contribution is 2.37. The van der Waals surface area contributed by atoms with Crippen LogP contribution in [0.25, 0.3) is 10.4 Å². The Balaban J connectivity index is 2.07. The van der Waals surface area contributed by atoms with Crippen molar-refractivity contribution in [2.45, 2.75) is 41.8 Å². The van der Waals surface area contributed by atoms with Gasteiger partial charge in [-0.2, -0.15) is 4.31 Å². The number of piperidine rings is 1. The van der Waals surface area contributed by atoms with Crippen LogP contribution in [0.1, 0.15) is 18.4 Å². The zero-order chi connectivity index (χ0) is 21.8. The van der Waals surface area contributed by atoms with Crippen LogP contribution in [0.15, 0.2) is 81.7 Å². The summed E-state index contributed by atoms with van der Waals surface area (Å²) in [4.78, 5) is 3.05. The van der Waals surface area contributed by atoms with Crippen LogP contribution in [0.3, 0.4) is 0 Å². The zero-order valence-corrected chi connectivity index (χ0v) is 18.7. The number of aliphatic hydroxyl groups excluding tert-OH is 1. The number of halogens is 1. The predicted molar refractivity (Wildman–Crippen MR) is 119 cm³/mol. The van der Waals surface area contributed by atoms with Crippen molar-refractivity contribution in [1.82, 2.24) is 4.31 Å². The number of azide groups is 1. The first-order valence-electron chi connectivity index (χ1n) is 9.48. The van der Waals surface area contributed by atoms with E-state index in [1.165, 1.54) is 16.4 Å². The van der Waals surface area contributed by atoms with Gasteiger partial charge in [-0.3, -0.25) is 0 Å². The Morgan fingerprint density at radius 2 is 1.93 bits per heavy atom. The van der Waals surface area contributed by atoms with Crippen molar-refractivity contribution in [3.05, 3.63) is 87.7 Å². The molecule has 0 saturated carbocycles. The third-order valence-corrected chi connectivity index (χ3v) is 7.76. The van der Waals surface area contributed by atoms with Gasteiger partial charge in [-0.05, 0) is 54.6 Å². The maximum absolute atomic E-state index is 13.6. The summed E-state index contributed by atoms with van der Waals surface area (Å²) in [5, 5.41) is 14.9. The minimum Gasteiger partial charge on any atom is -0.391 e. The second-order valence-corrected chi connectivity index (χ2v) is 10.2. The van der Waals surface area contributed by atoms with Crippen molar-refractivity contribution >= 4 is 26.0 Å². The number of benzene rings is 2. The maximum Gasteiger partial charge on any atom is 0.243 e. The Bertz CT molecular complexity index is 1040. The molecule has 2 aromatic rings. The molecule has 1 aliphatic rings. The Kier molecular flexibility index (Phi) is 7.00. The average molecular weight is 491 g/mol. The van der Waals surface area contributed by atoms with Gasteiger partial charge in [0.25, 0.3) is 0 Å². The fraction of sp³-hybridized carbons (Fsp3) is 0.333. The summed E-state index contributed by atoms with van der Waals surface area (Å²) in [6.07, 6.45) is 1.35. The SMILES string of the molecule is C=CCC1(N=[N+]=[N-])CC(O)[C@H](Cc2ccccc2)N(S(=O)(=O)c2ccc(Br)cc2)C1. The summed E-state index contributed by atoms with van der Waals surface area (Å²) in [5.41, 5.74) is 8.93. The fourth-order valence-electron chi connectivity index (χ4n) is 3.91. The minimum atomic E-state index is -3.95. The second kappa shape index (κ2) is 9.32. The molecule has 1 N–H and O–H groups in total. The summed E-state index contributed by atoms with van der Waals surface area (Å²) in [6.45, 7) is 3.68. The average Bonchev–Trinajstić information content (AvgIpc) is 2.71. The lowest BCUT2D eigenvalue weighted by molar-refractivity contribution is 0.0157. The van der Waals surface area contributed by atoms with E-state index in [9.17, 15) is 13.5 Å². The van der Waals surface area contributed by atoms with E-state index in [1.54, 1.807) is 18.2 Å². The highest BCUT2D eigenvalue weighted by Gasteiger charge is 2.48. The molecule has 2 unspecified atom stereocenters. The number of rotatable bonds is 7. The molecule has 3 atom stereocenters. The molecule has 0 radical (unpaired) electrons. The Morgan fingerprint density at radius 3 is 2.53 bits per heavy atom. The predicted octanol–water partition coefficient (Wildman–Crippen LogP) is 4.44. The summed E-state index contributed by atoms with van der Waals surface area (Å²) < 4.78 is 29.2. The van der Waals surface area contributed by atoms with Gasteiger partial charge in [0.1, 0.15) is 0 Å². The molecule has 0 aromatic heterocycles. The van der Waals surface area contributed by atoms with Crippen molar-refractivity contribution in [1.29, 1.82) is 0 Å². The monoisotopic (exact) mass is 490 g/mol. The first-order chi connectivity index (χ1) is 14.3. The van der Waals surface area contributed by atoms with Crippen molar-refractivity contribution < 1.29 is 13.5 Å². The van der Waals surface area contributed by atoms with Crippen molar-refractivity contribution in [2.75, 3.05) is 6.54 Å². The lowest BCUT2D eigenvalue weighted by Gasteiger charge is -2.46. The molecule has 7 nitrogen and oxygen atoms in total. The molecule has 3 rings (SSSR count). The van der Waals surface area contributed by atoms with Crippen LogP contribution in [0, 0.1) is 0 Å². The standard InChI is InChI=1S/C21H23BrN4O3S/c1-2-12-21(24-25-23)14-20(27)19(13-16-6-4-3-5-7-16)26(15-21)30(28,29)18-10-8-17(22)9-11-18/h2-11,19-20,27H,1,12-15H2/t19-,20?,21?/m0/s1. The van der Waals surface area contributed by atoms with Crippen LogP contribution in [-0.4, -0.2) is 42.1 Å². The Labute approximate surface area is 184 Å². The van der Waals surface area contributed by atoms with Gasteiger partial charge in [-0.1, -0.05) is 57.5 Å². The quantitative estimate of drug-likeness (QED) is 0.268. The van der Waals surface area contributed by atoms with E-state index < -0.39 is 27.7 Å². The summed E-state index contributed by atoms with van der Waals surface area (Å²) in [6, 6.07) is 15.1. The lowest BCUT2D eigenvalue weighted by Crippen LogP contribution is -2.60. The van der Waals surface area contributed by atoms with Gasteiger partial charge in [-0.25, -0.2) is 8.42 Å². The topological polar surface area (TPSA) is 106 Å². The van der Waals surface area contributed by atoms with Gasteiger partial charge in [0.05, 0.1) is 22.6 Å². The van der Waals surface area contributed by atoms with Crippen molar-refractivity contribution in [3.8, 4) is 0 Å². The number of hydrogen-bond donors (Lipinski definition) is 1. The second-order valence-electron chi connectivity index (χ2n) is 7.44. The van der Waals surface area contributed by atoms with Crippen LogP contribution in [-0.2, 0) is 16.4 Å². The van der Waals surface area contributed by atoms with Gasteiger partial charge in [0, 0.05) is 15.9 Å². The van der Waals surface area contributed by atoms with Gasteiger partial charge < -0.3 is 5.11 Å². The van der Waals surface area contributed by atoms with E-state index in [4.69, 9.17) is 5.53 Å². The maximum atomic E-state index is 13.6. The van der Waals surface area contributed by atoms with E-state index in [0.29, 0.717) is 6.42 Å². The largest absolute Gasteiger partial charge is 0.391 e. The smallest absolute Gasteiger partial charge is 0.243 e. The van der Waals surface area contributed by atoms with Crippen LogP contribution < -0.4 is 0 Å². The highest BCUT2D eigenvalue weighted by molar-refractivity contribution is 9.10. The third-order valence-electron chi connectivity index (χ3n) is 5.34. The molecule has 0 amide bonds. The molecule has 1 aliphatic heterocycles. The molecule has 0 aliphatic carbocycles. The van der Waals surface area contributed by atoms with Gasteiger partial charge in [0.2, 0.25) is 10.0 Å².